The van der Waals surface area contributed by atoms with Crippen LogP contribution in [0.4, 0.5) is 0 Å². The number of nitrogens with zero attached hydrogens (tertiary/aromatic N) is 1. The van der Waals surface area contributed by atoms with E-state index in [1.54, 1.807) is 0 Å². The van der Waals surface area contributed by atoms with E-state index in [-0.39, 0.29) is 11.8 Å². The molecule has 3 nitrogen and oxygen atoms in total. The van der Waals surface area contributed by atoms with Crippen molar-refractivity contribution in [2.45, 2.75) is 33.6 Å². The first-order valence-electron chi connectivity index (χ1n) is 4.45. The Hall–Kier alpha value is -0.860. The van der Waals surface area contributed by atoms with Crippen molar-refractivity contribution in [2.75, 3.05) is 0 Å². The number of hydrogen-bond acceptors (Lipinski definition) is 2. The molecule has 1 aliphatic carbocycles. The van der Waals surface area contributed by atoms with E-state index in [1.165, 1.54) is 0 Å². The molecule has 1 fully saturated rings. The van der Waals surface area contributed by atoms with Crippen molar-refractivity contribution in [2.24, 2.45) is 16.9 Å². The van der Waals surface area contributed by atoms with Gasteiger partial charge in [0.2, 0.25) is 5.91 Å². The minimum absolute atomic E-state index is 0.0787. The van der Waals surface area contributed by atoms with Gasteiger partial charge in [-0.3, -0.25) is 4.79 Å². The summed E-state index contributed by atoms with van der Waals surface area (Å²) in [4.78, 5) is 11.1. The first-order chi connectivity index (χ1) is 5.61. The van der Waals surface area contributed by atoms with Crippen molar-refractivity contribution in [3.63, 3.8) is 0 Å². The van der Waals surface area contributed by atoms with Gasteiger partial charge in [0, 0.05) is 11.6 Å². The van der Waals surface area contributed by atoms with Crippen molar-refractivity contribution in [1.82, 2.24) is 5.43 Å². The Morgan fingerprint density at radius 2 is 2.08 bits per heavy atom. The van der Waals surface area contributed by atoms with Crippen LogP contribution >= 0.6 is 0 Å². The van der Waals surface area contributed by atoms with Crippen LogP contribution in [0.3, 0.4) is 0 Å². The quantitative estimate of drug-likeness (QED) is 0.504. The summed E-state index contributed by atoms with van der Waals surface area (Å²) < 4.78 is 0. The summed E-state index contributed by atoms with van der Waals surface area (Å²) in [7, 11) is 0. The number of nitrogens with one attached hydrogen (secondary N) is 1. The molecule has 1 rings (SSSR count). The zero-order chi connectivity index (χ0) is 9.14. The molecule has 1 N–H and O–H groups in total. The summed E-state index contributed by atoms with van der Waals surface area (Å²) in [6.45, 7) is 6.04. The fraction of sp³-hybridized carbons (Fsp3) is 0.778. The number of hydrogen-bond donors (Lipinski definition) is 1. The van der Waals surface area contributed by atoms with Crippen LogP contribution in [0.5, 0.6) is 0 Å². The lowest BCUT2D eigenvalue weighted by Gasteiger charge is -2.03. The number of carbonyl (C=O) groups is 1. The van der Waals surface area contributed by atoms with E-state index >= 15 is 0 Å². The second-order valence-electron chi connectivity index (χ2n) is 3.66. The molecule has 0 aromatic carbocycles. The van der Waals surface area contributed by atoms with Crippen LogP contribution in [0, 0.1) is 11.8 Å². The molecule has 0 aliphatic heterocycles. The molecule has 12 heavy (non-hydrogen) atoms. The van der Waals surface area contributed by atoms with E-state index < -0.39 is 0 Å². The van der Waals surface area contributed by atoms with Crippen LogP contribution in [-0.4, -0.2) is 11.6 Å². The van der Waals surface area contributed by atoms with Crippen LogP contribution in [0.15, 0.2) is 5.10 Å². The zero-order valence-corrected chi connectivity index (χ0v) is 7.92. The first kappa shape index (κ1) is 9.23. The third kappa shape index (κ3) is 2.64. The second kappa shape index (κ2) is 3.70. The van der Waals surface area contributed by atoms with E-state index in [9.17, 15) is 4.79 Å². The van der Waals surface area contributed by atoms with Crippen LogP contribution in [0.1, 0.15) is 33.6 Å². The largest absolute Gasteiger partial charge is 0.273 e. The Bertz CT molecular complexity index is 205. The highest BCUT2D eigenvalue weighted by Crippen LogP contribution is 2.28. The molecule has 0 saturated heterocycles. The predicted molar refractivity (Wildman–Crippen MR) is 48.8 cm³/mol. The molecule has 0 atom stereocenters. The Morgan fingerprint density at radius 1 is 1.50 bits per heavy atom. The van der Waals surface area contributed by atoms with Gasteiger partial charge in [-0.15, -0.1) is 0 Å². The molecule has 0 radical (unpaired) electrons. The van der Waals surface area contributed by atoms with Crippen molar-refractivity contribution in [3.8, 4) is 0 Å². The summed E-state index contributed by atoms with van der Waals surface area (Å²) in [6, 6.07) is 0. The molecule has 0 heterocycles. The molecular weight excluding hydrogens is 152 g/mol. The second-order valence-corrected chi connectivity index (χ2v) is 3.66. The van der Waals surface area contributed by atoms with Crippen molar-refractivity contribution in [1.29, 1.82) is 0 Å². The first-order valence-corrected chi connectivity index (χ1v) is 4.45. The summed E-state index contributed by atoms with van der Waals surface area (Å²) in [5.41, 5.74) is 3.55. The van der Waals surface area contributed by atoms with Crippen molar-refractivity contribution < 1.29 is 4.79 Å². The molecule has 68 valence electrons. The molecule has 1 amide bonds. The summed E-state index contributed by atoms with van der Waals surface area (Å²) in [6.07, 6.45) is 2.06. The van der Waals surface area contributed by atoms with Gasteiger partial charge in [0.1, 0.15) is 0 Å². The van der Waals surface area contributed by atoms with Gasteiger partial charge in [-0.05, 0) is 25.7 Å². The average molecular weight is 168 g/mol. The zero-order valence-electron chi connectivity index (χ0n) is 7.92. The van der Waals surface area contributed by atoms with Gasteiger partial charge < -0.3 is 0 Å². The molecule has 0 bridgehead atoms. The average Bonchev–Trinajstić information content (AvgIpc) is 2.81. The minimum Gasteiger partial charge on any atom is -0.273 e. The van der Waals surface area contributed by atoms with Gasteiger partial charge in [-0.25, -0.2) is 5.43 Å². The van der Waals surface area contributed by atoms with E-state index in [0.29, 0.717) is 5.92 Å². The summed E-state index contributed by atoms with van der Waals surface area (Å²) in [5, 5.41) is 4.00. The number of rotatable bonds is 3. The maximum absolute atomic E-state index is 11.1. The van der Waals surface area contributed by atoms with Gasteiger partial charge in [0.25, 0.3) is 0 Å². The van der Waals surface area contributed by atoms with E-state index in [2.05, 4.69) is 24.4 Å². The molecule has 0 aromatic rings. The summed E-state index contributed by atoms with van der Waals surface area (Å²) >= 11 is 0. The third-order valence-corrected chi connectivity index (χ3v) is 2.13. The number of hydrazone groups is 1. The molecule has 0 unspecified atom stereocenters. The molecule has 0 aromatic heterocycles. The maximum atomic E-state index is 11.1. The fourth-order valence-electron chi connectivity index (χ4n) is 0.709. The Kier molecular flexibility index (Phi) is 2.84. The third-order valence-electron chi connectivity index (χ3n) is 2.13. The highest BCUT2D eigenvalue weighted by molar-refractivity contribution is 5.86. The Labute approximate surface area is 73.2 Å². The van der Waals surface area contributed by atoms with Gasteiger partial charge in [-0.1, -0.05) is 13.8 Å². The number of amides is 1. The lowest BCUT2D eigenvalue weighted by molar-refractivity contribution is -0.122. The SMILES string of the molecule is CC(=NNC(=O)C1CC1)C(C)C. The Balaban J connectivity index is 2.31. The van der Waals surface area contributed by atoms with Crippen LogP contribution in [-0.2, 0) is 4.79 Å². The fourth-order valence-corrected chi connectivity index (χ4v) is 0.709. The topological polar surface area (TPSA) is 41.5 Å². The smallest absolute Gasteiger partial charge is 0.243 e. The van der Waals surface area contributed by atoms with E-state index in [1.807, 2.05) is 6.92 Å². The molecule has 1 aliphatic rings. The minimum atomic E-state index is 0.0787. The normalized spacial score (nSPS) is 18.2. The van der Waals surface area contributed by atoms with Gasteiger partial charge in [0.15, 0.2) is 0 Å². The van der Waals surface area contributed by atoms with E-state index in [4.69, 9.17) is 0 Å². The standard InChI is InChI=1S/C9H16N2O/c1-6(2)7(3)10-11-9(12)8-4-5-8/h6,8H,4-5H2,1-3H3,(H,11,12). The molecule has 3 heteroatoms. The van der Waals surface area contributed by atoms with Gasteiger partial charge in [-0.2, -0.15) is 5.10 Å². The van der Waals surface area contributed by atoms with Crippen molar-refractivity contribution in [3.05, 3.63) is 0 Å². The lowest BCUT2D eigenvalue weighted by Crippen LogP contribution is -2.21. The lowest BCUT2D eigenvalue weighted by atomic mass is 10.1. The predicted octanol–water partition coefficient (Wildman–Crippen LogP) is 1.54. The van der Waals surface area contributed by atoms with Gasteiger partial charge >= 0.3 is 0 Å². The monoisotopic (exact) mass is 168 g/mol. The van der Waals surface area contributed by atoms with Crippen LogP contribution in [0.25, 0.3) is 0 Å². The van der Waals surface area contributed by atoms with E-state index in [0.717, 1.165) is 18.6 Å². The molecule has 1 saturated carbocycles. The Morgan fingerprint density at radius 3 is 2.50 bits per heavy atom. The highest BCUT2D eigenvalue weighted by atomic mass is 16.2. The van der Waals surface area contributed by atoms with Crippen molar-refractivity contribution >= 4 is 11.6 Å². The van der Waals surface area contributed by atoms with Crippen LogP contribution in [0.2, 0.25) is 0 Å². The maximum Gasteiger partial charge on any atom is 0.243 e. The van der Waals surface area contributed by atoms with Gasteiger partial charge in [0.05, 0.1) is 0 Å². The highest BCUT2D eigenvalue weighted by Gasteiger charge is 2.29. The molecule has 0 spiro atoms. The van der Waals surface area contributed by atoms with Crippen LogP contribution < -0.4 is 5.43 Å². The molecular formula is C9H16N2O. The number of carbonyl (C=O) groups excluding carboxylic acids is 1. The summed E-state index contributed by atoms with van der Waals surface area (Å²) in [5.74, 6) is 0.730.